The molecule has 3 aromatic carbocycles. The number of hydrogen-bond donors (Lipinski definition) is 0. The van der Waals surface area contributed by atoms with E-state index in [4.69, 9.17) is 21.1 Å². The lowest BCUT2D eigenvalue weighted by molar-refractivity contribution is -0.120. The van der Waals surface area contributed by atoms with Crippen LogP contribution in [-0.2, 0) is 25.1 Å². The van der Waals surface area contributed by atoms with Crippen LogP contribution in [-0.4, -0.2) is 38.2 Å². The molecule has 2 amide bonds. The van der Waals surface area contributed by atoms with Crippen LogP contribution in [0.1, 0.15) is 41.8 Å². The summed E-state index contributed by atoms with van der Waals surface area (Å²) in [6.07, 6.45) is -0.0500. The quantitative estimate of drug-likeness (QED) is 0.358. The summed E-state index contributed by atoms with van der Waals surface area (Å²) in [5.41, 5.74) is 1.44. The first-order valence-electron chi connectivity index (χ1n) is 12.7. The van der Waals surface area contributed by atoms with Crippen molar-refractivity contribution in [3.8, 4) is 0 Å². The minimum atomic E-state index is -1.01. The second-order valence-corrected chi connectivity index (χ2v) is 10.9. The van der Waals surface area contributed by atoms with Gasteiger partial charge < -0.3 is 9.47 Å². The Kier molecular flexibility index (Phi) is 5.73. The molecule has 0 aromatic heterocycles. The van der Waals surface area contributed by atoms with Gasteiger partial charge in [0.25, 0.3) is 0 Å². The number of esters is 1. The highest BCUT2D eigenvalue weighted by Crippen LogP contribution is 2.74. The highest BCUT2D eigenvalue weighted by atomic mass is 35.5. The topological polar surface area (TPSA) is 76.2 Å². The van der Waals surface area contributed by atoms with Gasteiger partial charge in [0.05, 0.1) is 41.7 Å². The maximum atomic E-state index is 14.8. The number of halogens is 2. The zero-order chi connectivity index (χ0) is 27.7. The summed E-state index contributed by atoms with van der Waals surface area (Å²) < 4.78 is 24.8. The van der Waals surface area contributed by atoms with Gasteiger partial charge >= 0.3 is 12.1 Å². The molecule has 1 saturated carbocycles. The molecule has 2 aliphatic heterocycles. The standard InChI is InChI=1S/C30H26ClFN2O5/c1-17(2)29(19-4-6-20(31)7-5-19)16-30(29)24-14-21(32)8-9-25(24)34(27(30)36)23-13-18(26(35)38-3)12-22(15-23)33-10-11-39-28(33)37/h4-9,12-15,17H,10-11,16H2,1-3H3/t29-,30-/m1/s1. The molecule has 7 nitrogen and oxygen atoms in total. The zero-order valence-corrected chi connectivity index (χ0v) is 22.4. The summed E-state index contributed by atoms with van der Waals surface area (Å²) in [5, 5.41) is 0.589. The van der Waals surface area contributed by atoms with Gasteiger partial charge in [0.2, 0.25) is 5.91 Å². The van der Waals surface area contributed by atoms with Crippen LogP contribution in [0, 0.1) is 11.7 Å². The number of rotatable bonds is 5. The number of benzene rings is 3. The molecule has 1 spiro atoms. The number of amides is 2. The normalized spacial score (nSPS) is 23.4. The van der Waals surface area contributed by atoms with Crippen molar-refractivity contribution in [2.75, 3.05) is 30.1 Å². The molecule has 0 radical (unpaired) electrons. The monoisotopic (exact) mass is 548 g/mol. The van der Waals surface area contributed by atoms with Gasteiger partial charge in [-0.2, -0.15) is 0 Å². The van der Waals surface area contributed by atoms with Crippen LogP contribution < -0.4 is 9.80 Å². The van der Waals surface area contributed by atoms with Crippen LogP contribution in [0.4, 0.5) is 26.2 Å². The fourth-order valence-corrected chi connectivity index (χ4v) is 6.69. The molecular formula is C30H26ClFN2O5. The van der Waals surface area contributed by atoms with Gasteiger partial charge in [-0.1, -0.05) is 37.6 Å². The zero-order valence-electron chi connectivity index (χ0n) is 21.7. The minimum absolute atomic E-state index is 0.0371. The summed E-state index contributed by atoms with van der Waals surface area (Å²) in [6.45, 7) is 4.64. The lowest BCUT2D eigenvalue weighted by atomic mass is 9.75. The molecule has 39 heavy (non-hydrogen) atoms. The highest BCUT2D eigenvalue weighted by molar-refractivity contribution is 6.30. The maximum absolute atomic E-state index is 14.8. The van der Waals surface area contributed by atoms with E-state index < -0.39 is 28.7 Å². The van der Waals surface area contributed by atoms with E-state index in [0.29, 0.717) is 40.6 Å². The first kappa shape index (κ1) is 25.4. The molecule has 1 aliphatic carbocycles. The van der Waals surface area contributed by atoms with Crippen LogP contribution in [0.3, 0.4) is 0 Å². The molecule has 2 heterocycles. The van der Waals surface area contributed by atoms with Gasteiger partial charge in [0.1, 0.15) is 12.4 Å². The summed E-state index contributed by atoms with van der Waals surface area (Å²) in [6, 6.07) is 16.6. The van der Waals surface area contributed by atoms with Crippen molar-refractivity contribution in [3.05, 3.63) is 88.2 Å². The van der Waals surface area contributed by atoms with Gasteiger partial charge in [0, 0.05) is 10.4 Å². The van der Waals surface area contributed by atoms with Crippen molar-refractivity contribution >= 4 is 46.6 Å². The second-order valence-electron chi connectivity index (χ2n) is 10.5. The Morgan fingerprint density at radius 2 is 1.77 bits per heavy atom. The summed E-state index contributed by atoms with van der Waals surface area (Å²) in [7, 11) is 1.26. The van der Waals surface area contributed by atoms with Crippen LogP contribution in [0.25, 0.3) is 0 Å². The van der Waals surface area contributed by atoms with Crippen molar-refractivity contribution in [3.63, 3.8) is 0 Å². The number of ether oxygens (including phenoxy) is 2. The van der Waals surface area contributed by atoms with E-state index in [-0.39, 0.29) is 24.0 Å². The Hall–Kier alpha value is -3.91. The third-order valence-corrected chi connectivity index (χ3v) is 8.66. The number of fused-ring (bicyclic) bond motifs is 2. The van der Waals surface area contributed by atoms with E-state index in [1.54, 1.807) is 30.3 Å². The van der Waals surface area contributed by atoms with E-state index in [1.165, 1.54) is 35.1 Å². The van der Waals surface area contributed by atoms with Crippen LogP contribution in [0.5, 0.6) is 0 Å². The Morgan fingerprint density at radius 1 is 1.05 bits per heavy atom. The lowest BCUT2D eigenvalue weighted by Gasteiger charge is -2.27. The molecular weight excluding hydrogens is 523 g/mol. The predicted octanol–water partition coefficient (Wildman–Crippen LogP) is 6.14. The fourth-order valence-electron chi connectivity index (χ4n) is 6.56. The van der Waals surface area contributed by atoms with Crippen molar-refractivity contribution < 1.29 is 28.2 Å². The van der Waals surface area contributed by atoms with Crippen molar-refractivity contribution in [1.82, 2.24) is 0 Å². The number of hydrogen-bond acceptors (Lipinski definition) is 5. The Bertz CT molecular complexity index is 1540. The molecule has 0 unspecified atom stereocenters. The fraction of sp³-hybridized carbons (Fsp3) is 0.300. The van der Waals surface area contributed by atoms with E-state index in [1.807, 2.05) is 12.1 Å². The highest BCUT2D eigenvalue weighted by Gasteiger charge is 2.78. The van der Waals surface area contributed by atoms with Gasteiger partial charge in [-0.25, -0.2) is 14.0 Å². The van der Waals surface area contributed by atoms with Gasteiger partial charge in [-0.3, -0.25) is 14.6 Å². The molecule has 6 rings (SSSR count). The first-order valence-corrected chi connectivity index (χ1v) is 13.1. The van der Waals surface area contributed by atoms with Crippen molar-refractivity contribution in [2.24, 2.45) is 5.92 Å². The number of nitrogens with zero attached hydrogens (tertiary/aromatic N) is 2. The molecule has 2 atom stereocenters. The number of methoxy groups -OCH3 is 1. The van der Waals surface area contributed by atoms with Gasteiger partial charge in [-0.05, 0) is 72.0 Å². The smallest absolute Gasteiger partial charge is 0.414 e. The van der Waals surface area contributed by atoms with Crippen LogP contribution >= 0.6 is 11.6 Å². The first-order chi connectivity index (χ1) is 18.6. The number of anilines is 3. The largest absolute Gasteiger partial charge is 0.465 e. The minimum Gasteiger partial charge on any atom is -0.465 e. The maximum Gasteiger partial charge on any atom is 0.414 e. The molecule has 3 aliphatic rings. The molecule has 9 heteroatoms. The van der Waals surface area contributed by atoms with E-state index in [9.17, 15) is 18.8 Å². The van der Waals surface area contributed by atoms with Crippen LogP contribution in [0.15, 0.2) is 60.7 Å². The molecule has 0 N–H and O–H groups in total. The third kappa shape index (κ3) is 3.50. The Morgan fingerprint density at radius 3 is 2.41 bits per heavy atom. The molecule has 2 fully saturated rings. The van der Waals surface area contributed by atoms with E-state index >= 15 is 0 Å². The summed E-state index contributed by atoms with van der Waals surface area (Å²) in [5.74, 6) is -1.23. The average Bonchev–Trinajstić information content (AvgIpc) is 3.37. The third-order valence-electron chi connectivity index (χ3n) is 8.41. The van der Waals surface area contributed by atoms with Gasteiger partial charge in [0.15, 0.2) is 0 Å². The average molecular weight is 549 g/mol. The number of carbonyl (C=O) groups is 3. The van der Waals surface area contributed by atoms with Gasteiger partial charge in [-0.15, -0.1) is 0 Å². The van der Waals surface area contributed by atoms with Crippen LogP contribution in [0.2, 0.25) is 5.02 Å². The lowest BCUT2D eigenvalue weighted by Crippen LogP contribution is -2.36. The summed E-state index contributed by atoms with van der Waals surface area (Å²) >= 11 is 6.18. The van der Waals surface area contributed by atoms with E-state index in [0.717, 1.165) is 5.56 Å². The summed E-state index contributed by atoms with van der Waals surface area (Å²) in [4.78, 5) is 42.6. The number of carbonyl (C=O) groups excluding carboxylic acids is 3. The van der Waals surface area contributed by atoms with Crippen molar-refractivity contribution in [1.29, 1.82) is 0 Å². The van der Waals surface area contributed by atoms with Crippen molar-refractivity contribution in [2.45, 2.75) is 31.1 Å². The number of cyclic esters (lactones) is 1. The Labute approximate surface area is 230 Å². The molecule has 0 bridgehead atoms. The Balaban J connectivity index is 1.55. The molecule has 1 saturated heterocycles. The molecule has 200 valence electrons. The molecule has 3 aromatic rings. The second kappa shape index (κ2) is 8.81. The predicted molar refractivity (Wildman–Crippen MR) is 144 cm³/mol. The SMILES string of the molecule is COC(=O)c1cc(N2CCOC2=O)cc(N2C(=O)[C@@]3(C[C@]3(c3ccc(Cl)cc3)C(C)C)c3cc(F)ccc32)c1. The van der Waals surface area contributed by atoms with E-state index in [2.05, 4.69) is 13.8 Å².